The third-order valence-corrected chi connectivity index (χ3v) is 6.60. The number of hydrogen-bond donors (Lipinski definition) is 1. The van der Waals surface area contributed by atoms with Crippen molar-refractivity contribution in [1.82, 2.24) is 4.90 Å². The van der Waals surface area contributed by atoms with Gasteiger partial charge in [0.15, 0.2) is 0 Å². The summed E-state index contributed by atoms with van der Waals surface area (Å²) >= 11 is 0. The lowest BCUT2D eigenvalue weighted by atomic mass is 9.73. The Hall–Kier alpha value is -3.60. The number of methoxy groups -OCH3 is 1. The standard InChI is InChI=1S/C28H30N2O3/c1-33-24-14-12-21(13-15-24)18-26(31)30-17-7-16-28(20-30,27(29)32)19-23-10-5-6-11-25(23)22-8-3-2-4-9-22/h2-6,8-15H,7,16-20H2,1H3,(H2,29,32)/t28-/m1/s1. The van der Waals surface area contributed by atoms with Crippen molar-refractivity contribution < 1.29 is 14.3 Å². The van der Waals surface area contributed by atoms with Gasteiger partial charge >= 0.3 is 0 Å². The second-order valence-corrected chi connectivity index (χ2v) is 8.79. The largest absolute Gasteiger partial charge is 0.497 e. The Morgan fingerprint density at radius 3 is 2.36 bits per heavy atom. The van der Waals surface area contributed by atoms with E-state index in [2.05, 4.69) is 24.3 Å². The third kappa shape index (κ3) is 5.08. The van der Waals surface area contributed by atoms with E-state index in [1.165, 1.54) is 0 Å². The molecule has 5 heteroatoms. The minimum Gasteiger partial charge on any atom is -0.497 e. The van der Waals surface area contributed by atoms with Gasteiger partial charge in [-0.3, -0.25) is 9.59 Å². The van der Waals surface area contributed by atoms with Crippen molar-refractivity contribution in [2.24, 2.45) is 11.1 Å². The van der Waals surface area contributed by atoms with Gasteiger partial charge in [0.05, 0.1) is 18.9 Å². The van der Waals surface area contributed by atoms with Crippen molar-refractivity contribution in [3.8, 4) is 16.9 Å². The number of amides is 2. The summed E-state index contributed by atoms with van der Waals surface area (Å²) in [6.07, 6.45) is 2.24. The molecule has 0 unspecified atom stereocenters. The fourth-order valence-corrected chi connectivity index (χ4v) is 4.75. The lowest BCUT2D eigenvalue weighted by molar-refractivity contribution is -0.139. The molecule has 0 saturated carbocycles. The molecule has 3 aromatic rings. The molecule has 1 atom stereocenters. The summed E-state index contributed by atoms with van der Waals surface area (Å²) in [7, 11) is 1.62. The number of ether oxygens (including phenoxy) is 1. The van der Waals surface area contributed by atoms with Crippen LogP contribution in [0.4, 0.5) is 0 Å². The van der Waals surface area contributed by atoms with Gasteiger partial charge in [-0.2, -0.15) is 0 Å². The predicted molar refractivity (Wildman–Crippen MR) is 130 cm³/mol. The molecular weight excluding hydrogens is 412 g/mol. The zero-order chi connectivity index (χ0) is 23.3. The van der Waals surface area contributed by atoms with Crippen LogP contribution in [0.3, 0.4) is 0 Å². The van der Waals surface area contributed by atoms with E-state index < -0.39 is 5.41 Å². The number of piperidine rings is 1. The average Bonchev–Trinajstić information content (AvgIpc) is 2.85. The van der Waals surface area contributed by atoms with Gasteiger partial charge in [0.2, 0.25) is 11.8 Å². The number of nitrogens with zero attached hydrogens (tertiary/aromatic N) is 1. The maximum Gasteiger partial charge on any atom is 0.227 e. The number of likely N-dealkylation sites (tertiary alicyclic amines) is 1. The number of benzene rings is 3. The van der Waals surface area contributed by atoms with Crippen LogP contribution in [-0.2, 0) is 22.4 Å². The van der Waals surface area contributed by atoms with Gasteiger partial charge in [0, 0.05) is 13.1 Å². The molecule has 0 aromatic heterocycles. The Morgan fingerprint density at radius 2 is 1.67 bits per heavy atom. The van der Waals surface area contributed by atoms with Crippen LogP contribution in [0, 0.1) is 5.41 Å². The molecule has 170 valence electrons. The molecule has 1 aliphatic heterocycles. The molecule has 1 heterocycles. The molecule has 4 rings (SSSR count). The number of hydrogen-bond acceptors (Lipinski definition) is 3. The van der Waals surface area contributed by atoms with Crippen molar-refractivity contribution in [2.75, 3.05) is 20.2 Å². The predicted octanol–water partition coefficient (Wildman–Crippen LogP) is 4.24. The first-order chi connectivity index (χ1) is 16.0. The first kappa shape index (κ1) is 22.6. The number of carbonyl (C=O) groups excluding carboxylic acids is 2. The van der Waals surface area contributed by atoms with Gasteiger partial charge in [-0.05, 0) is 53.6 Å². The van der Waals surface area contributed by atoms with Crippen molar-refractivity contribution in [2.45, 2.75) is 25.7 Å². The molecule has 1 saturated heterocycles. The first-order valence-electron chi connectivity index (χ1n) is 11.3. The fourth-order valence-electron chi connectivity index (χ4n) is 4.75. The van der Waals surface area contributed by atoms with Crippen molar-refractivity contribution in [3.05, 3.63) is 90.0 Å². The minimum atomic E-state index is -0.779. The van der Waals surface area contributed by atoms with Gasteiger partial charge in [-0.25, -0.2) is 0 Å². The lowest BCUT2D eigenvalue weighted by Gasteiger charge is -2.41. The molecule has 0 aliphatic carbocycles. The quantitative estimate of drug-likeness (QED) is 0.595. The zero-order valence-corrected chi connectivity index (χ0v) is 19.0. The second-order valence-electron chi connectivity index (χ2n) is 8.79. The van der Waals surface area contributed by atoms with Crippen LogP contribution in [0.15, 0.2) is 78.9 Å². The summed E-state index contributed by atoms with van der Waals surface area (Å²) in [5.74, 6) is 0.433. The highest BCUT2D eigenvalue weighted by molar-refractivity contribution is 5.85. The van der Waals surface area contributed by atoms with Crippen LogP contribution in [0.2, 0.25) is 0 Å². The van der Waals surface area contributed by atoms with Gasteiger partial charge in [-0.1, -0.05) is 66.7 Å². The van der Waals surface area contributed by atoms with E-state index in [4.69, 9.17) is 10.5 Å². The van der Waals surface area contributed by atoms with Gasteiger partial charge in [0.25, 0.3) is 0 Å². The Labute approximate surface area is 195 Å². The van der Waals surface area contributed by atoms with Gasteiger partial charge in [-0.15, -0.1) is 0 Å². The molecule has 33 heavy (non-hydrogen) atoms. The maximum absolute atomic E-state index is 13.1. The molecule has 0 spiro atoms. The fraction of sp³-hybridized carbons (Fsp3) is 0.286. The Bertz CT molecular complexity index is 1110. The van der Waals surface area contributed by atoms with Gasteiger partial charge < -0.3 is 15.4 Å². The summed E-state index contributed by atoms with van der Waals surface area (Å²) < 4.78 is 5.20. The molecule has 0 bridgehead atoms. The van der Waals surface area contributed by atoms with Crippen molar-refractivity contribution >= 4 is 11.8 Å². The van der Waals surface area contributed by atoms with E-state index >= 15 is 0 Å². The molecule has 1 fully saturated rings. The molecule has 2 amide bonds. The van der Waals surface area contributed by atoms with E-state index in [1.54, 1.807) is 7.11 Å². The van der Waals surface area contributed by atoms with Crippen LogP contribution in [0.25, 0.3) is 11.1 Å². The van der Waals surface area contributed by atoms with Crippen LogP contribution >= 0.6 is 0 Å². The maximum atomic E-state index is 13.1. The summed E-state index contributed by atoms with van der Waals surface area (Å²) in [6.45, 7) is 0.991. The van der Waals surface area contributed by atoms with Crippen LogP contribution in [0.5, 0.6) is 5.75 Å². The molecule has 3 aromatic carbocycles. The molecule has 0 radical (unpaired) electrons. The minimum absolute atomic E-state index is 0.0156. The first-order valence-corrected chi connectivity index (χ1v) is 11.3. The average molecular weight is 443 g/mol. The Kier molecular flexibility index (Phi) is 6.78. The molecule has 2 N–H and O–H groups in total. The summed E-state index contributed by atoms with van der Waals surface area (Å²) in [5, 5.41) is 0. The van der Waals surface area contributed by atoms with Crippen molar-refractivity contribution in [1.29, 1.82) is 0 Å². The Balaban J connectivity index is 1.55. The second kappa shape index (κ2) is 9.90. The molecule has 1 aliphatic rings. The van der Waals surface area contributed by atoms with Crippen LogP contribution < -0.4 is 10.5 Å². The number of rotatable bonds is 7. The topological polar surface area (TPSA) is 72.6 Å². The van der Waals surface area contributed by atoms with E-state index in [-0.39, 0.29) is 11.8 Å². The Morgan fingerprint density at radius 1 is 0.970 bits per heavy atom. The number of primary amides is 1. The van der Waals surface area contributed by atoms with E-state index in [9.17, 15) is 9.59 Å². The molecular formula is C28H30N2O3. The van der Waals surface area contributed by atoms with E-state index in [0.29, 0.717) is 32.4 Å². The lowest BCUT2D eigenvalue weighted by Crippen LogP contribution is -2.53. The number of nitrogens with two attached hydrogens (primary N) is 1. The summed E-state index contributed by atoms with van der Waals surface area (Å²) in [5.41, 5.74) is 9.42. The summed E-state index contributed by atoms with van der Waals surface area (Å²) in [6, 6.07) is 25.8. The smallest absolute Gasteiger partial charge is 0.227 e. The third-order valence-electron chi connectivity index (χ3n) is 6.60. The summed E-state index contributed by atoms with van der Waals surface area (Å²) in [4.78, 5) is 27.7. The van der Waals surface area contributed by atoms with Crippen molar-refractivity contribution in [3.63, 3.8) is 0 Å². The highest BCUT2D eigenvalue weighted by Gasteiger charge is 2.42. The van der Waals surface area contributed by atoms with E-state index in [1.807, 2.05) is 59.5 Å². The monoisotopic (exact) mass is 442 g/mol. The highest BCUT2D eigenvalue weighted by atomic mass is 16.5. The van der Waals surface area contributed by atoms with Gasteiger partial charge in [0.1, 0.15) is 5.75 Å². The van der Waals surface area contributed by atoms with Crippen LogP contribution in [0.1, 0.15) is 24.0 Å². The highest BCUT2D eigenvalue weighted by Crippen LogP contribution is 2.37. The molecule has 5 nitrogen and oxygen atoms in total. The number of carbonyl (C=O) groups is 2. The SMILES string of the molecule is COc1ccc(CC(=O)N2CCC[C@](Cc3ccccc3-c3ccccc3)(C(N)=O)C2)cc1. The van der Waals surface area contributed by atoms with Crippen LogP contribution in [-0.4, -0.2) is 36.9 Å². The zero-order valence-electron chi connectivity index (χ0n) is 19.0. The van der Waals surface area contributed by atoms with E-state index in [0.717, 1.165) is 34.4 Å². The normalized spacial score (nSPS) is 18.0.